The number of carboxylic acids is 2. The molecule has 0 aliphatic carbocycles. The molecule has 0 radical (unpaired) electrons. The van der Waals surface area contributed by atoms with Gasteiger partial charge in [0.1, 0.15) is 17.5 Å². The number of aliphatic carboxylic acids is 2. The van der Waals surface area contributed by atoms with Crippen LogP contribution in [0.3, 0.4) is 0 Å². The number of nitrogens with zero attached hydrogens (tertiary/aromatic N) is 2. The van der Waals surface area contributed by atoms with E-state index in [0.29, 0.717) is 31.1 Å². The zero-order valence-electron chi connectivity index (χ0n) is 19.9. The first-order valence-corrected chi connectivity index (χ1v) is 11.5. The third kappa shape index (κ3) is 6.69. The Labute approximate surface area is 207 Å². The summed E-state index contributed by atoms with van der Waals surface area (Å²) < 4.78 is 5.68. The first kappa shape index (κ1) is 26.4. The fourth-order valence-electron chi connectivity index (χ4n) is 3.95. The van der Waals surface area contributed by atoms with E-state index in [1.54, 1.807) is 24.3 Å². The standard InChI is InChI=1S/C24H30N6O6/c1-2-36-12-16(8-7-15-11-27-21-19(15)20(25)29-24(26)30-21)13-3-5-14(6-4-13)22(33)28-17(23(34)35)9-10-18(31)32/h3-6,11,16-17H,2,7-10,12H2,1H3,(H,28,33)(H,31,32)(H,34,35)(H5,25,26,27,29,30). The summed E-state index contributed by atoms with van der Waals surface area (Å²) in [6.45, 7) is 2.94. The van der Waals surface area contributed by atoms with Gasteiger partial charge in [-0.3, -0.25) is 9.59 Å². The van der Waals surface area contributed by atoms with Gasteiger partial charge < -0.3 is 36.7 Å². The van der Waals surface area contributed by atoms with Crippen LogP contribution in [0.25, 0.3) is 11.0 Å². The summed E-state index contributed by atoms with van der Waals surface area (Å²) >= 11 is 0. The van der Waals surface area contributed by atoms with Crippen molar-refractivity contribution in [1.29, 1.82) is 0 Å². The monoisotopic (exact) mass is 498 g/mol. The molecule has 0 aliphatic heterocycles. The highest BCUT2D eigenvalue weighted by atomic mass is 16.5. The topological polar surface area (TPSA) is 207 Å². The normalized spacial score (nSPS) is 12.8. The van der Waals surface area contributed by atoms with Gasteiger partial charge in [0.2, 0.25) is 5.95 Å². The van der Waals surface area contributed by atoms with Gasteiger partial charge in [0.15, 0.2) is 0 Å². The van der Waals surface area contributed by atoms with E-state index in [1.165, 1.54) is 0 Å². The smallest absolute Gasteiger partial charge is 0.326 e. The molecular formula is C24H30N6O6. The fraction of sp³-hybridized carbons (Fsp3) is 0.375. The number of hydrogen-bond acceptors (Lipinski definition) is 8. The lowest BCUT2D eigenvalue weighted by molar-refractivity contribution is -0.140. The van der Waals surface area contributed by atoms with E-state index < -0.39 is 23.9 Å². The van der Waals surface area contributed by atoms with Crippen molar-refractivity contribution in [3.8, 4) is 0 Å². The SMILES string of the molecule is CCOCC(CCc1c[nH]c2nc(N)nc(N)c12)c1ccc(C(=O)NC(CCC(=O)O)C(=O)O)cc1. The minimum atomic E-state index is -1.29. The molecule has 0 fully saturated rings. The number of nitrogens with two attached hydrogens (primary N) is 2. The lowest BCUT2D eigenvalue weighted by Crippen LogP contribution is -2.41. The maximum Gasteiger partial charge on any atom is 0.326 e. The summed E-state index contributed by atoms with van der Waals surface area (Å²) in [6.07, 6.45) is 2.65. The Kier molecular flexibility index (Phi) is 8.79. The Morgan fingerprint density at radius 2 is 1.83 bits per heavy atom. The average molecular weight is 499 g/mol. The molecule has 0 spiro atoms. The summed E-state index contributed by atoms with van der Waals surface area (Å²) in [5.74, 6) is -2.58. The number of rotatable bonds is 13. The van der Waals surface area contributed by atoms with E-state index >= 15 is 0 Å². The predicted octanol–water partition coefficient (Wildman–Crippen LogP) is 1.92. The molecule has 2 atom stereocenters. The van der Waals surface area contributed by atoms with Crippen LogP contribution >= 0.6 is 0 Å². The maximum atomic E-state index is 12.5. The Morgan fingerprint density at radius 3 is 2.47 bits per heavy atom. The number of ether oxygens (including phenoxy) is 1. The molecule has 1 amide bonds. The van der Waals surface area contributed by atoms with Crippen molar-refractivity contribution in [3.05, 3.63) is 47.2 Å². The summed E-state index contributed by atoms with van der Waals surface area (Å²) in [5.41, 5.74) is 14.5. The van der Waals surface area contributed by atoms with Crippen LogP contribution in [-0.2, 0) is 20.7 Å². The van der Waals surface area contributed by atoms with Gasteiger partial charge in [-0.1, -0.05) is 12.1 Å². The van der Waals surface area contributed by atoms with Gasteiger partial charge in [0, 0.05) is 30.7 Å². The molecule has 2 unspecified atom stereocenters. The van der Waals surface area contributed by atoms with Crippen molar-refractivity contribution >= 4 is 40.6 Å². The van der Waals surface area contributed by atoms with Gasteiger partial charge in [-0.15, -0.1) is 0 Å². The minimum Gasteiger partial charge on any atom is -0.481 e. The number of amides is 1. The second-order valence-electron chi connectivity index (χ2n) is 8.32. The number of carbonyl (C=O) groups excluding carboxylic acids is 1. The molecule has 0 aliphatic rings. The number of nitrogens with one attached hydrogen (secondary N) is 2. The van der Waals surface area contributed by atoms with Gasteiger partial charge in [-0.25, -0.2) is 4.79 Å². The summed E-state index contributed by atoms with van der Waals surface area (Å²) in [4.78, 5) is 45.9. The second kappa shape index (κ2) is 12.0. The predicted molar refractivity (Wildman–Crippen MR) is 132 cm³/mol. The molecule has 12 heteroatoms. The van der Waals surface area contributed by atoms with Crippen LogP contribution in [0.4, 0.5) is 11.8 Å². The third-order valence-electron chi connectivity index (χ3n) is 5.84. The third-order valence-corrected chi connectivity index (χ3v) is 5.84. The number of benzene rings is 1. The molecule has 36 heavy (non-hydrogen) atoms. The highest BCUT2D eigenvalue weighted by Gasteiger charge is 2.22. The minimum absolute atomic E-state index is 0.0188. The van der Waals surface area contributed by atoms with Crippen LogP contribution in [0.1, 0.15) is 53.6 Å². The van der Waals surface area contributed by atoms with Crippen molar-refractivity contribution < 1.29 is 29.3 Å². The Balaban J connectivity index is 1.71. The zero-order chi connectivity index (χ0) is 26.2. The van der Waals surface area contributed by atoms with Gasteiger partial charge in [-0.2, -0.15) is 9.97 Å². The van der Waals surface area contributed by atoms with E-state index in [1.807, 2.05) is 13.1 Å². The molecule has 2 heterocycles. The number of aryl methyl sites for hydroxylation is 1. The van der Waals surface area contributed by atoms with E-state index in [4.69, 9.17) is 21.3 Å². The Morgan fingerprint density at radius 1 is 1.11 bits per heavy atom. The number of carboxylic acid groups (broad SMARTS) is 2. The van der Waals surface area contributed by atoms with Crippen LogP contribution < -0.4 is 16.8 Å². The molecule has 0 bridgehead atoms. The van der Waals surface area contributed by atoms with Crippen LogP contribution in [0, 0.1) is 0 Å². The van der Waals surface area contributed by atoms with Crippen molar-refractivity contribution in [2.24, 2.45) is 0 Å². The van der Waals surface area contributed by atoms with Gasteiger partial charge in [0.25, 0.3) is 5.91 Å². The van der Waals surface area contributed by atoms with E-state index in [-0.39, 0.29) is 30.3 Å². The van der Waals surface area contributed by atoms with E-state index in [9.17, 15) is 19.5 Å². The van der Waals surface area contributed by atoms with Gasteiger partial charge >= 0.3 is 11.9 Å². The molecule has 3 aromatic rings. The Hall–Kier alpha value is -4.19. The van der Waals surface area contributed by atoms with Crippen LogP contribution in [-0.4, -0.2) is 62.3 Å². The number of hydrogen-bond donors (Lipinski definition) is 6. The van der Waals surface area contributed by atoms with Crippen molar-refractivity contribution in [3.63, 3.8) is 0 Å². The molecule has 0 saturated carbocycles. The quantitative estimate of drug-likeness (QED) is 0.202. The number of carbonyl (C=O) groups is 3. The second-order valence-corrected chi connectivity index (χ2v) is 8.32. The summed E-state index contributed by atoms with van der Waals surface area (Å²) in [7, 11) is 0. The van der Waals surface area contributed by atoms with Crippen molar-refractivity contribution in [1.82, 2.24) is 20.3 Å². The van der Waals surface area contributed by atoms with Crippen LogP contribution in [0.2, 0.25) is 0 Å². The molecule has 3 rings (SSSR count). The van der Waals surface area contributed by atoms with Crippen LogP contribution in [0.5, 0.6) is 0 Å². The molecule has 192 valence electrons. The number of H-pyrrole nitrogens is 1. The lowest BCUT2D eigenvalue weighted by Gasteiger charge is -2.18. The number of anilines is 2. The number of aromatic amines is 1. The highest BCUT2D eigenvalue weighted by molar-refractivity contribution is 5.96. The van der Waals surface area contributed by atoms with Gasteiger partial charge in [-0.05, 0) is 49.4 Å². The number of nitrogen functional groups attached to an aromatic ring is 2. The maximum absolute atomic E-state index is 12.5. The molecule has 0 saturated heterocycles. The van der Waals surface area contributed by atoms with E-state index in [2.05, 4.69) is 20.3 Å². The highest BCUT2D eigenvalue weighted by Crippen LogP contribution is 2.28. The van der Waals surface area contributed by atoms with E-state index in [0.717, 1.165) is 22.9 Å². The summed E-state index contributed by atoms with van der Waals surface area (Å²) in [5, 5.41) is 21.2. The Bertz CT molecular complexity index is 1230. The largest absolute Gasteiger partial charge is 0.481 e. The molecular weight excluding hydrogens is 468 g/mol. The summed E-state index contributed by atoms with van der Waals surface area (Å²) in [6, 6.07) is 5.54. The molecule has 8 N–H and O–H groups in total. The van der Waals surface area contributed by atoms with Crippen LogP contribution in [0.15, 0.2) is 30.5 Å². The average Bonchev–Trinajstić information content (AvgIpc) is 3.24. The molecule has 1 aromatic carbocycles. The number of aromatic nitrogens is 3. The first-order chi connectivity index (χ1) is 17.2. The molecule has 2 aromatic heterocycles. The lowest BCUT2D eigenvalue weighted by atomic mass is 9.92. The zero-order valence-corrected chi connectivity index (χ0v) is 19.9. The van der Waals surface area contributed by atoms with Gasteiger partial charge in [0.05, 0.1) is 12.0 Å². The van der Waals surface area contributed by atoms with Crippen molar-refractivity contribution in [2.45, 2.75) is 44.6 Å². The number of fused-ring (bicyclic) bond motifs is 1. The first-order valence-electron chi connectivity index (χ1n) is 11.5. The fourth-order valence-corrected chi connectivity index (χ4v) is 3.95. The van der Waals surface area contributed by atoms with Crippen molar-refractivity contribution in [2.75, 3.05) is 24.7 Å². The molecule has 12 nitrogen and oxygen atoms in total.